The Labute approximate surface area is 170 Å². The summed E-state index contributed by atoms with van der Waals surface area (Å²) in [6.07, 6.45) is 1.11. The Bertz CT molecular complexity index is 986. The fourth-order valence-corrected chi connectivity index (χ4v) is 3.68. The molecule has 0 aromatic heterocycles. The Hall–Kier alpha value is -2.58. The molecule has 9 heteroatoms. The fraction of sp³-hybridized carbons (Fsp3) is 0.263. The number of carbonyl (C=O) groups excluding carboxylic acids is 2. The summed E-state index contributed by atoms with van der Waals surface area (Å²) in [6.45, 7) is 1.59. The number of nitrogens with two attached hydrogens (primary N) is 1. The molecular weight excluding hydrogens is 402 g/mol. The van der Waals surface area contributed by atoms with Crippen molar-refractivity contribution >= 4 is 39.7 Å². The lowest BCUT2D eigenvalue weighted by Crippen LogP contribution is -2.50. The van der Waals surface area contributed by atoms with Crippen LogP contribution >= 0.6 is 12.4 Å². The predicted octanol–water partition coefficient (Wildman–Crippen LogP) is 1.69. The summed E-state index contributed by atoms with van der Waals surface area (Å²) < 4.78 is 23.4. The molecule has 1 fully saturated rings. The molecule has 0 aliphatic carbocycles. The number of anilines is 1. The maximum Gasteiger partial charge on any atom is 0.254 e. The van der Waals surface area contributed by atoms with Crippen LogP contribution in [0.3, 0.4) is 0 Å². The number of halogens is 1. The van der Waals surface area contributed by atoms with E-state index in [1.807, 2.05) is 0 Å². The maximum atomic E-state index is 12.7. The van der Waals surface area contributed by atoms with Gasteiger partial charge in [-0.05, 0) is 36.4 Å². The van der Waals surface area contributed by atoms with Crippen molar-refractivity contribution in [3.05, 3.63) is 59.7 Å². The zero-order valence-corrected chi connectivity index (χ0v) is 17.0. The van der Waals surface area contributed by atoms with E-state index in [1.54, 1.807) is 46.2 Å². The molecular formula is C19H22ClN3O4S. The van der Waals surface area contributed by atoms with Crippen LogP contribution in [0.1, 0.15) is 20.7 Å². The number of nitrogen functional groups attached to an aromatic ring is 1. The predicted molar refractivity (Wildman–Crippen MR) is 109 cm³/mol. The van der Waals surface area contributed by atoms with Gasteiger partial charge in [0.2, 0.25) is 0 Å². The van der Waals surface area contributed by atoms with Gasteiger partial charge in [-0.25, -0.2) is 8.42 Å². The molecule has 1 heterocycles. The zero-order valence-electron chi connectivity index (χ0n) is 15.4. The molecule has 28 heavy (non-hydrogen) atoms. The van der Waals surface area contributed by atoms with Crippen molar-refractivity contribution in [3.63, 3.8) is 0 Å². The van der Waals surface area contributed by atoms with Crippen LogP contribution in [-0.4, -0.2) is 62.5 Å². The third kappa shape index (κ3) is 4.82. The van der Waals surface area contributed by atoms with Crippen LogP contribution in [0.5, 0.6) is 0 Å². The minimum atomic E-state index is -3.38. The number of hydrogen-bond acceptors (Lipinski definition) is 5. The second-order valence-electron chi connectivity index (χ2n) is 6.51. The van der Waals surface area contributed by atoms with Gasteiger partial charge in [0, 0.05) is 49.2 Å². The van der Waals surface area contributed by atoms with Gasteiger partial charge in [-0.2, -0.15) is 0 Å². The van der Waals surface area contributed by atoms with Crippen LogP contribution in [-0.2, 0) is 9.84 Å². The molecule has 0 saturated carbocycles. The summed E-state index contributed by atoms with van der Waals surface area (Å²) in [5, 5.41) is 0. The van der Waals surface area contributed by atoms with Crippen molar-refractivity contribution in [1.82, 2.24) is 9.80 Å². The molecule has 2 amide bonds. The normalized spacial score (nSPS) is 14.3. The van der Waals surface area contributed by atoms with Crippen molar-refractivity contribution in [3.8, 4) is 0 Å². The summed E-state index contributed by atoms with van der Waals surface area (Å²) in [7, 11) is -3.38. The Morgan fingerprint density at radius 2 is 1.32 bits per heavy atom. The van der Waals surface area contributed by atoms with Gasteiger partial charge < -0.3 is 15.5 Å². The van der Waals surface area contributed by atoms with Gasteiger partial charge in [-0.3, -0.25) is 9.59 Å². The third-order valence-electron chi connectivity index (χ3n) is 4.50. The van der Waals surface area contributed by atoms with Crippen LogP contribution in [0.25, 0.3) is 0 Å². The van der Waals surface area contributed by atoms with Gasteiger partial charge in [0.1, 0.15) is 0 Å². The Morgan fingerprint density at radius 1 is 0.857 bits per heavy atom. The van der Waals surface area contributed by atoms with E-state index in [9.17, 15) is 18.0 Å². The van der Waals surface area contributed by atoms with E-state index >= 15 is 0 Å². The quantitative estimate of drug-likeness (QED) is 0.757. The number of sulfone groups is 1. The first-order valence-electron chi connectivity index (χ1n) is 8.50. The topological polar surface area (TPSA) is 101 Å². The van der Waals surface area contributed by atoms with Gasteiger partial charge in [0.25, 0.3) is 11.8 Å². The van der Waals surface area contributed by atoms with Crippen molar-refractivity contribution in [2.75, 3.05) is 38.2 Å². The van der Waals surface area contributed by atoms with E-state index in [2.05, 4.69) is 0 Å². The van der Waals surface area contributed by atoms with Crippen molar-refractivity contribution in [2.45, 2.75) is 4.90 Å². The minimum Gasteiger partial charge on any atom is -0.399 e. The number of benzene rings is 2. The number of carbonyl (C=O) groups is 2. The van der Waals surface area contributed by atoms with E-state index in [-0.39, 0.29) is 29.1 Å². The first-order chi connectivity index (χ1) is 12.8. The monoisotopic (exact) mass is 423 g/mol. The summed E-state index contributed by atoms with van der Waals surface area (Å²) in [6, 6.07) is 12.8. The molecule has 150 valence electrons. The van der Waals surface area contributed by atoms with E-state index < -0.39 is 9.84 Å². The van der Waals surface area contributed by atoms with Crippen molar-refractivity contribution in [1.29, 1.82) is 0 Å². The molecule has 0 unspecified atom stereocenters. The molecule has 1 saturated heterocycles. The molecule has 2 aromatic rings. The number of piperazine rings is 1. The fourth-order valence-electron chi connectivity index (χ4n) is 3.01. The molecule has 0 atom stereocenters. The van der Waals surface area contributed by atoms with Crippen LogP contribution in [0, 0.1) is 0 Å². The van der Waals surface area contributed by atoms with Gasteiger partial charge in [0.15, 0.2) is 9.84 Å². The molecule has 2 N–H and O–H groups in total. The third-order valence-corrected chi connectivity index (χ3v) is 5.61. The van der Waals surface area contributed by atoms with Crippen molar-refractivity contribution < 1.29 is 18.0 Å². The van der Waals surface area contributed by atoms with Crippen LogP contribution < -0.4 is 5.73 Å². The van der Waals surface area contributed by atoms with Crippen LogP contribution in [0.15, 0.2) is 53.4 Å². The number of amides is 2. The lowest BCUT2D eigenvalue weighted by atomic mass is 10.1. The number of rotatable bonds is 3. The van der Waals surface area contributed by atoms with Crippen LogP contribution in [0.4, 0.5) is 5.69 Å². The highest BCUT2D eigenvalue weighted by Gasteiger charge is 2.26. The summed E-state index contributed by atoms with van der Waals surface area (Å²) in [5.74, 6) is -0.356. The summed E-state index contributed by atoms with van der Waals surface area (Å²) >= 11 is 0. The number of nitrogens with zero attached hydrogens (tertiary/aromatic N) is 2. The standard InChI is InChI=1S/C19H21N3O4S.ClH/c1-27(25,26)17-7-3-5-15(13-17)19(24)22-10-8-21(9-11-22)18(23)14-4-2-6-16(20)12-14;/h2-7,12-13H,8-11,20H2,1H3;1H. The number of hydrogen-bond donors (Lipinski definition) is 1. The average molecular weight is 424 g/mol. The van der Waals surface area contributed by atoms with Gasteiger partial charge in [-0.15, -0.1) is 12.4 Å². The van der Waals surface area contributed by atoms with Crippen molar-refractivity contribution in [2.24, 2.45) is 0 Å². The minimum absolute atomic E-state index is 0. The summed E-state index contributed by atoms with van der Waals surface area (Å²) in [4.78, 5) is 28.7. The second-order valence-corrected chi connectivity index (χ2v) is 8.53. The molecule has 0 bridgehead atoms. The Balaban J connectivity index is 0.00000280. The van der Waals surface area contributed by atoms with Gasteiger partial charge in [-0.1, -0.05) is 12.1 Å². The molecule has 0 spiro atoms. The van der Waals surface area contributed by atoms with E-state index in [0.29, 0.717) is 43.0 Å². The van der Waals surface area contributed by atoms with Crippen LogP contribution in [0.2, 0.25) is 0 Å². The Kier molecular flexibility index (Phi) is 6.69. The average Bonchev–Trinajstić information content (AvgIpc) is 2.66. The first-order valence-corrected chi connectivity index (χ1v) is 10.4. The lowest BCUT2D eigenvalue weighted by Gasteiger charge is -2.35. The molecule has 2 aromatic carbocycles. The summed E-state index contributed by atoms with van der Waals surface area (Å²) in [5.41, 5.74) is 7.11. The molecule has 3 rings (SSSR count). The molecule has 1 aliphatic rings. The Morgan fingerprint density at radius 3 is 1.79 bits per heavy atom. The smallest absolute Gasteiger partial charge is 0.254 e. The lowest BCUT2D eigenvalue weighted by molar-refractivity contribution is 0.0535. The molecule has 1 aliphatic heterocycles. The zero-order chi connectivity index (χ0) is 19.6. The SMILES string of the molecule is CS(=O)(=O)c1cccc(C(=O)N2CCN(C(=O)c3cccc(N)c3)CC2)c1.Cl. The largest absolute Gasteiger partial charge is 0.399 e. The van der Waals surface area contributed by atoms with Gasteiger partial charge >= 0.3 is 0 Å². The van der Waals surface area contributed by atoms with E-state index in [1.165, 1.54) is 12.1 Å². The second kappa shape index (κ2) is 8.62. The first kappa shape index (κ1) is 21.7. The maximum absolute atomic E-state index is 12.7. The van der Waals surface area contributed by atoms with E-state index in [0.717, 1.165) is 6.26 Å². The van der Waals surface area contributed by atoms with E-state index in [4.69, 9.17) is 5.73 Å². The highest BCUT2D eigenvalue weighted by molar-refractivity contribution is 7.90. The highest BCUT2D eigenvalue weighted by Crippen LogP contribution is 2.16. The molecule has 0 radical (unpaired) electrons. The van der Waals surface area contributed by atoms with Gasteiger partial charge in [0.05, 0.1) is 4.90 Å². The molecule has 7 nitrogen and oxygen atoms in total. The highest BCUT2D eigenvalue weighted by atomic mass is 35.5.